The molecule has 0 unspecified atom stereocenters. The van der Waals surface area contributed by atoms with Crippen LogP contribution in [-0.2, 0) is 24.8 Å². The van der Waals surface area contributed by atoms with E-state index in [1.807, 2.05) is 0 Å². The number of sulfonamides is 2. The highest BCUT2D eigenvalue weighted by atomic mass is 35.5. The van der Waals surface area contributed by atoms with Gasteiger partial charge in [0, 0.05) is 23.8 Å². The van der Waals surface area contributed by atoms with Crippen molar-refractivity contribution >= 4 is 48.9 Å². The summed E-state index contributed by atoms with van der Waals surface area (Å²) in [5.74, 6) is -0.378. The molecule has 1 aliphatic heterocycles. The third kappa shape index (κ3) is 5.52. The average Bonchev–Trinajstić information content (AvgIpc) is 3.27. The van der Waals surface area contributed by atoms with E-state index in [0.29, 0.717) is 18.8 Å². The van der Waals surface area contributed by atoms with Gasteiger partial charge in [0.2, 0.25) is 26.0 Å². The summed E-state index contributed by atoms with van der Waals surface area (Å²) >= 11 is 6.00. The van der Waals surface area contributed by atoms with Gasteiger partial charge in [0.25, 0.3) is 0 Å². The van der Waals surface area contributed by atoms with Gasteiger partial charge in [-0.1, -0.05) is 11.6 Å². The molecular weight excluding hydrogens is 478 g/mol. The number of anilines is 2. The molecule has 3 rings (SSSR count). The van der Waals surface area contributed by atoms with Crippen molar-refractivity contribution in [2.45, 2.75) is 17.7 Å². The normalized spacial score (nSPS) is 14.8. The summed E-state index contributed by atoms with van der Waals surface area (Å²) in [4.78, 5) is 12.7. The van der Waals surface area contributed by atoms with Crippen LogP contribution in [0.15, 0.2) is 47.4 Å². The molecule has 1 aliphatic rings. The van der Waals surface area contributed by atoms with Crippen molar-refractivity contribution in [2.75, 3.05) is 42.6 Å². The predicted octanol–water partition coefficient (Wildman–Crippen LogP) is 2.54. The Labute approximate surface area is 193 Å². The topological polar surface area (TPSA) is 113 Å². The van der Waals surface area contributed by atoms with Crippen LogP contribution < -0.4 is 14.4 Å². The molecule has 1 heterocycles. The first-order valence-electron chi connectivity index (χ1n) is 9.73. The number of halogens is 1. The first-order chi connectivity index (χ1) is 15.0. The number of rotatable bonds is 8. The lowest BCUT2D eigenvalue weighted by atomic mass is 10.3. The van der Waals surface area contributed by atoms with Gasteiger partial charge in [-0.25, -0.2) is 16.8 Å². The van der Waals surface area contributed by atoms with Gasteiger partial charge in [-0.15, -0.1) is 0 Å². The Hall–Kier alpha value is -2.34. The van der Waals surface area contributed by atoms with E-state index in [9.17, 15) is 21.6 Å². The summed E-state index contributed by atoms with van der Waals surface area (Å²) in [7, 11) is -6.02. The van der Waals surface area contributed by atoms with Crippen molar-refractivity contribution in [3.8, 4) is 5.75 Å². The Bertz CT molecular complexity index is 1190. The van der Waals surface area contributed by atoms with Crippen LogP contribution in [0, 0.1) is 0 Å². The van der Waals surface area contributed by atoms with E-state index >= 15 is 0 Å². The maximum Gasteiger partial charge on any atom is 0.245 e. The summed E-state index contributed by atoms with van der Waals surface area (Å²) in [5.41, 5.74) is 0.464. The van der Waals surface area contributed by atoms with Crippen LogP contribution in [0.3, 0.4) is 0 Å². The van der Waals surface area contributed by atoms with E-state index in [4.69, 9.17) is 16.3 Å². The van der Waals surface area contributed by atoms with Gasteiger partial charge in [0.1, 0.15) is 12.3 Å². The highest BCUT2D eigenvalue weighted by Crippen LogP contribution is 2.32. The van der Waals surface area contributed by atoms with Crippen LogP contribution in [-0.4, -0.2) is 60.0 Å². The zero-order valence-corrected chi connectivity index (χ0v) is 20.0. The third-order valence-corrected chi connectivity index (χ3v) is 8.21. The largest absolute Gasteiger partial charge is 0.495 e. The van der Waals surface area contributed by atoms with Crippen molar-refractivity contribution in [3.05, 3.63) is 47.5 Å². The lowest BCUT2D eigenvalue weighted by Gasteiger charge is -2.24. The minimum Gasteiger partial charge on any atom is -0.495 e. The fourth-order valence-electron chi connectivity index (χ4n) is 3.36. The number of hydrogen-bond acceptors (Lipinski definition) is 6. The second-order valence-corrected chi connectivity index (χ2v) is 11.6. The minimum atomic E-state index is -3.84. The number of carbonyl (C=O) groups is 1. The minimum absolute atomic E-state index is 0.129. The summed E-state index contributed by atoms with van der Waals surface area (Å²) < 4.78 is 57.5. The Morgan fingerprint density at radius 3 is 2.28 bits per heavy atom. The predicted molar refractivity (Wildman–Crippen MR) is 123 cm³/mol. The Balaban J connectivity index is 1.77. The van der Waals surface area contributed by atoms with Crippen LogP contribution in [0.25, 0.3) is 0 Å². The van der Waals surface area contributed by atoms with Crippen LogP contribution in [0.4, 0.5) is 11.4 Å². The smallest absolute Gasteiger partial charge is 0.245 e. The molecule has 0 aliphatic carbocycles. The molecule has 1 saturated heterocycles. The molecule has 0 aromatic heterocycles. The maximum atomic E-state index is 12.6. The highest BCUT2D eigenvalue weighted by Gasteiger charge is 2.27. The van der Waals surface area contributed by atoms with Crippen LogP contribution in [0.5, 0.6) is 5.75 Å². The van der Waals surface area contributed by atoms with Crippen LogP contribution >= 0.6 is 11.6 Å². The molecule has 9 nitrogen and oxygen atoms in total. The van der Waals surface area contributed by atoms with E-state index < -0.39 is 32.5 Å². The number of nitrogens with zero attached hydrogens (tertiary/aromatic N) is 2. The Kier molecular flexibility index (Phi) is 7.33. The third-order valence-electron chi connectivity index (χ3n) is 4.94. The van der Waals surface area contributed by atoms with Crippen LogP contribution in [0.1, 0.15) is 12.8 Å². The molecule has 0 spiro atoms. The molecule has 174 valence electrons. The van der Waals surface area contributed by atoms with Gasteiger partial charge in [-0.3, -0.25) is 9.10 Å². The molecule has 12 heteroatoms. The van der Waals surface area contributed by atoms with Crippen molar-refractivity contribution in [3.63, 3.8) is 0 Å². The van der Waals surface area contributed by atoms with E-state index in [-0.39, 0.29) is 21.4 Å². The maximum absolute atomic E-state index is 12.6. The van der Waals surface area contributed by atoms with Crippen molar-refractivity contribution < 1.29 is 26.4 Å². The van der Waals surface area contributed by atoms with E-state index in [2.05, 4.69) is 5.32 Å². The second-order valence-electron chi connectivity index (χ2n) is 7.27. The van der Waals surface area contributed by atoms with E-state index in [1.54, 1.807) is 6.07 Å². The Morgan fingerprint density at radius 2 is 1.72 bits per heavy atom. The van der Waals surface area contributed by atoms with Crippen molar-refractivity contribution in [1.29, 1.82) is 0 Å². The summed E-state index contributed by atoms with van der Waals surface area (Å²) in [5, 5.41) is 2.87. The number of nitrogens with one attached hydrogen (secondary N) is 1. The van der Waals surface area contributed by atoms with Gasteiger partial charge in [-0.2, -0.15) is 4.31 Å². The van der Waals surface area contributed by atoms with Gasteiger partial charge in [0.05, 0.1) is 23.9 Å². The molecule has 0 bridgehead atoms. The number of carbonyl (C=O) groups excluding carboxylic acids is 1. The molecule has 0 radical (unpaired) electrons. The lowest BCUT2D eigenvalue weighted by Crippen LogP contribution is -2.37. The highest BCUT2D eigenvalue weighted by molar-refractivity contribution is 7.92. The fraction of sp³-hybridized carbons (Fsp3) is 0.350. The summed E-state index contributed by atoms with van der Waals surface area (Å²) in [6.45, 7) is 0.466. The molecule has 0 atom stereocenters. The van der Waals surface area contributed by atoms with Gasteiger partial charge in [0.15, 0.2) is 0 Å². The fourth-order valence-corrected chi connectivity index (χ4v) is 5.89. The number of hydrogen-bond donors (Lipinski definition) is 1. The molecule has 2 aromatic rings. The number of amides is 1. The number of benzene rings is 2. The second kappa shape index (κ2) is 9.65. The molecule has 0 saturated carbocycles. The summed E-state index contributed by atoms with van der Waals surface area (Å²) in [6, 6.07) is 10.2. The lowest BCUT2D eigenvalue weighted by molar-refractivity contribution is -0.114. The van der Waals surface area contributed by atoms with Crippen molar-refractivity contribution in [1.82, 2.24) is 4.31 Å². The molecular formula is C20H24ClN3O6S2. The molecule has 1 amide bonds. The molecule has 32 heavy (non-hydrogen) atoms. The average molecular weight is 502 g/mol. The SMILES string of the molecule is COc1ccc(Cl)cc1N(CC(=O)Nc1ccc(S(=O)(=O)N2CCCC2)cc1)S(C)(=O)=O. The zero-order valence-electron chi connectivity index (χ0n) is 17.6. The van der Waals surface area contributed by atoms with Gasteiger partial charge < -0.3 is 10.1 Å². The summed E-state index contributed by atoms with van der Waals surface area (Å²) in [6.07, 6.45) is 2.64. The van der Waals surface area contributed by atoms with E-state index in [1.165, 1.54) is 47.8 Å². The Morgan fingerprint density at radius 1 is 1.09 bits per heavy atom. The number of ether oxygens (including phenoxy) is 1. The first-order valence-corrected chi connectivity index (χ1v) is 13.4. The molecule has 1 fully saturated rings. The quantitative estimate of drug-likeness (QED) is 0.594. The molecule has 1 N–H and O–H groups in total. The first kappa shape index (κ1) is 24.3. The van der Waals surface area contributed by atoms with E-state index in [0.717, 1.165) is 23.4 Å². The van der Waals surface area contributed by atoms with Crippen molar-refractivity contribution in [2.24, 2.45) is 0 Å². The van der Waals surface area contributed by atoms with Gasteiger partial charge >= 0.3 is 0 Å². The van der Waals surface area contributed by atoms with Crippen LogP contribution in [0.2, 0.25) is 5.02 Å². The monoisotopic (exact) mass is 501 g/mol. The zero-order chi connectivity index (χ0) is 23.5. The number of methoxy groups -OCH3 is 1. The standard InChI is InChI=1S/C20H24ClN3O6S2/c1-30-19-10-5-15(21)13-18(19)24(31(2,26)27)14-20(25)22-16-6-8-17(9-7-16)32(28,29)23-11-3-4-12-23/h5-10,13H,3-4,11-12,14H2,1-2H3,(H,22,25). The van der Waals surface area contributed by atoms with Gasteiger partial charge in [-0.05, 0) is 55.3 Å². The molecule has 2 aromatic carbocycles.